The highest BCUT2D eigenvalue weighted by molar-refractivity contribution is 7.07. The third-order valence-electron chi connectivity index (χ3n) is 3.40. The first kappa shape index (κ1) is 15.1. The molecule has 2 aromatic rings. The van der Waals surface area contributed by atoms with E-state index in [4.69, 9.17) is 4.74 Å². The highest BCUT2D eigenvalue weighted by atomic mass is 32.1. The number of para-hydroxylation sites is 1. The van der Waals surface area contributed by atoms with Crippen LogP contribution in [0, 0.1) is 0 Å². The summed E-state index contributed by atoms with van der Waals surface area (Å²) in [7, 11) is 1.74. The van der Waals surface area contributed by atoms with Crippen molar-refractivity contribution in [3.05, 3.63) is 52.2 Å². The van der Waals surface area contributed by atoms with Gasteiger partial charge in [-0.15, -0.1) is 0 Å². The summed E-state index contributed by atoms with van der Waals surface area (Å²) in [6.07, 6.45) is 3.23. The van der Waals surface area contributed by atoms with E-state index in [0.29, 0.717) is 6.04 Å². The number of hydrogen-bond acceptors (Lipinski definition) is 3. The zero-order valence-electron chi connectivity index (χ0n) is 12.3. The van der Waals surface area contributed by atoms with E-state index in [0.717, 1.165) is 31.6 Å². The summed E-state index contributed by atoms with van der Waals surface area (Å²) in [6, 6.07) is 11.0. The fraction of sp³-hybridized carbons (Fsp3) is 0.412. The summed E-state index contributed by atoms with van der Waals surface area (Å²) in [5.41, 5.74) is 2.69. The lowest BCUT2D eigenvalue weighted by molar-refractivity contribution is 0.404. The van der Waals surface area contributed by atoms with Crippen LogP contribution < -0.4 is 10.1 Å². The van der Waals surface area contributed by atoms with Crippen molar-refractivity contribution in [2.75, 3.05) is 13.7 Å². The average molecular weight is 289 g/mol. The lowest BCUT2D eigenvalue weighted by Crippen LogP contribution is -2.33. The molecule has 2 nitrogen and oxygen atoms in total. The second-order valence-electron chi connectivity index (χ2n) is 5.00. The Morgan fingerprint density at radius 3 is 2.75 bits per heavy atom. The summed E-state index contributed by atoms with van der Waals surface area (Å²) >= 11 is 1.77. The number of ether oxygens (including phenoxy) is 1. The van der Waals surface area contributed by atoms with Crippen molar-refractivity contribution >= 4 is 11.3 Å². The van der Waals surface area contributed by atoms with Gasteiger partial charge in [0.15, 0.2) is 0 Å². The largest absolute Gasteiger partial charge is 0.496 e. The van der Waals surface area contributed by atoms with E-state index in [1.807, 2.05) is 12.1 Å². The van der Waals surface area contributed by atoms with E-state index in [-0.39, 0.29) is 0 Å². The molecule has 0 saturated heterocycles. The molecule has 0 bridgehead atoms. The van der Waals surface area contributed by atoms with Gasteiger partial charge in [0.25, 0.3) is 0 Å². The van der Waals surface area contributed by atoms with Gasteiger partial charge in [-0.25, -0.2) is 0 Å². The maximum absolute atomic E-state index is 5.46. The van der Waals surface area contributed by atoms with E-state index in [2.05, 4.69) is 41.2 Å². The maximum atomic E-state index is 5.46. The van der Waals surface area contributed by atoms with Gasteiger partial charge in [0, 0.05) is 6.04 Å². The van der Waals surface area contributed by atoms with Crippen molar-refractivity contribution in [3.8, 4) is 5.75 Å². The van der Waals surface area contributed by atoms with E-state index in [1.54, 1.807) is 18.4 Å². The van der Waals surface area contributed by atoms with Gasteiger partial charge in [0.05, 0.1) is 7.11 Å². The van der Waals surface area contributed by atoms with Gasteiger partial charge in [-0.2, -0.15) is 11.3 Å². The summed E-state index contributed by atoms with van der Waals surface area (Å²) < 4.78 is 5.46. The van der Waals surface area contributed by atoms with E-state index < -0.39 is 0 Å². The lowest BCUT2D eigenvalue weighted by Gasteiger charge is -2.19. The van der Waals surface area contributed by atoms with Gasteiger partial charge >= 0.3 is 0 Å². The number of thiophene rings is 1. The average Bonchev–Trinajstić information content (AvgIpc) is 2.98. The molecule has 0 aliphatic carbocycles. The third-order valence-corrected chi connectivity index (χ3v) is 4.14. The van der Waals surface area contributed by atoms with Crippen LogP contribution in [0.2, 0.25) is 0 Å². The van der Waals surface area contributed by atoms with Crippen LogP contribution in [-0.2, 0) is 12.8 Å². The van der Waals surface area contributed by atoms with Crippen molar-refractivity contribution < 1.29 is 4.74 Å². The van der Waals surface area contributed by atoms with Crippen LogP contribution in [0.15, 0.2) is 41.1 Å². The van der Waals surface area contributed by atoms with Gasteiger partial charge < -0.3 is 10.1 Å². The highest BCUT2D eigenvalue weighted by Crippen LogP contribution is 2.20. The Labute approximate surface area is 125 Å². The van der Waals surface area contributed by atoms with Gasteiger partial charge in [-0.3, -0.25) is 0 Å². The molecule has 1 aromatic heterocycles. The number of rotatable bonds is 8. The molecule has 2 rings (SSSR count). The van der Waals surface area contributed by atoms with Crippen LogP contribution >= 0.6 is 11.3 Å². The Morgan fingerprint density at radius 1 is 1.20 bits per heavy atom. The fourth-order valence-corrected chi connectivity index (χ4v) is 3.08. The molecule has 3 heteroatoms. The zero-order chi connectivity index (χ0) is 14.2. The molecular weight excluding hydrogens is 266 g/mol. The van der Waals surface area contributed by atoms with Gasteiger partial charge in [-0.1, -0.05) is 25.1 Å². The number of methoxy groups -OCH3 is 1. The van der Waals surface area contributed by atoms with Gasteiger partial charge in [0.1, 0.15) is 5.75 Å². The van der Waals surface area contributed by atoms with Crippen LogP contribution in [-0.4, -0.2) is 19.7 Å². The molecule has 0 aliphatic rings. The van der Waals surface area contributed by atoms with Crippen LogP contribution in [0.5, 0.6) is 5.75 Å². The second kappa shape index (κ2) is 8.08. The predicted octanol–water partition coefficient (Wildman–Crippen LogP) is 3.91. The van der Waals surface area contributed by atoms with Crippen molar-refractivity contribution in [1.82, 2.24) is 5.32 Å². The van der Waals surface area contributed by atoms with Crippen molar-refractivity contribution in [3.63, 3.8) is 0 Å². The highest BCUT2D eigenvalue weighted by Gasteiger charge is 2.12. The van der Waals surface area contributed by atoms with E-state index in [9.17, 15) is 0 Å². The number of nitrogens with one attached hydrogen (secondary N) is 1. The van der Waals surface area contributed by atoms with Crippen LogP contribution in [0.4, 0.5) is 0 Å². The van der Waals surface area contributed by atoms with Gasteiger partial charge in [-0.05, 0) is 59.8 Å². The lowest BCUT2D eigenvalue weighted by atomic mass is 9.99. The standard InChI is InChI=1S/C17H23NOS/c1-3-9-18-16(11-14-8-10-20-13-14)12-15-6-4-5-7-17(15)19-2/h4-8,10,13,16,18H,3,9,11-12H2,1-2H3. The fourth-order valence-electron chi connectivity index (χ4n) is 2.40. The molecule has 0 aliphatic heterocycles. The second-order valence-corrected chi connectivity index (χ2v) is 5.78. The summed E-state index contributed by atoms with van der Waals surface area (Å²) in [5, 5.41) is 8.04. The molecule has 1 heterocycles. The minimum atomic E-state index is 0.459. The van der Waals surface area contributed by atoms with Crippen molar-refractivity contribution in [2.45, 2.75) is 32.2 Å². The first-order valence-corrected chi connectivity index (χ1v) is 8.14. The number of hydrogen-bond donors (Lipinski definition) is 1. The van der Waals surface area contributed by atoms with Crippen LogP contribution in [0.3, 0.4) is 0 Å². The van der Waals surface area contributed by atoms with E-state index >= 15 is 0 Å². The smallest absolute Gasteiger partial charge is 0.122 e. The normalized spacial score (nSPS) is 12.3. The first-order valence-electron chi connectivity index (χ1n) is 7.19. The molecule has 1 unspecified atom stereocenters. The summed E-state index contributed by atoms with van der Waals surface area (Å²) in [6.45, 7) is 3.27. The Kier molecular flexibility index (Phi) is 6.09. The zero-order valence-corrected chi connectivity index (χ0v) is 13.1. The third kappa shape index (κ3) is 4.36. The molecule has 0 amide bonds. The molecule has 0 spiro atoms. The summed E-state index contributed by atoms with van der Waals surface area (Å²) in [5.74, 6) is 0.987. The molecule has 1 aromatic carbocycles. The monoisotopic (exact) mass is 289 g/mol. The molecule has 1 atom stereocenters. The molecule has 0 radical (unpaired) electrons. The molecule has 20 heavy (non-hydrogen) atoms. The molecule has 108 valence electrons. The molecule has 1 N–H and O–H groups in total. The topological polar surface area (TPSA) is 21.3 Å². The first-order chi connectivity index (χ1) is 9.83. The maximum Gasteiger partial charge on any atom is 0.122 e. The van der Waals surface area contributed by atoms with Crippen molar-refractivity contribution in [1.29, 1.82) is 0 Å². The molecular formula is C17H23NOS. The van der Waals surface area contributed by atoms with Crippen LogP contribution in [0.1, 0.15) is 24.5 Å². The number of benzene rings is 1. The Hall–Kier alpha value is -1.32. The minimum absolute atomic E-state index is 0.459. The quantitative estimate of drug-likeness (QED) is 0.795. The van der Waals surface area contributed by atoms with Crippen LogP contribution in [0.25, 0.3) is 0 Å². The minimum Gasteiger partial charge on any atom is -0.496 e. The molecule has 0 fully saturated rings. The summed E-state index contributed by atoms with van der Waals surface area (Å²) in [4.78, 5) is 0. The van der Waals surface area contributed by atoms with Crippen molar-refractivity contribution in [2.24, 2.45) is 0 Å². The Balaban J connectivity index is 2.06. The Bertz CT molecular complexity index is 495. The SMILES string of the molecule is CCCNC(Cc1ccsc1)Cc1ccccc1OC. The van der Waals surface area contributed by atoms with E-state index in [1.165, 1.54) is 11.1 Å². The predicted molar refractivity (Wildman–Crippen MR) is 86.8 cm³/mol. The molecule has 0 saturated carbocycles. The van der Waals surface area contributed by atoms with Gasteiger partial charge in [0.2, 0.25) is 0 Å². The Morgan fingerprint density at radius 2 is 2.05 bits per heavy atom.